The molecule has 1 aliphatic carbocycles. The molecule has 0 atom stereocenters. The molecule has 14 heavy (non-hydrogen) atoms. The van der Waals surface area contributed by atoms with Crippen LogP contribution in [-0.4, -0.2) is 6.04 Å². The van der Waals surface area contributed by atoms with Crippen molar-refractivity contribution in [2.75, 3.05) is 0 Å². The van der Waals surface area contributed by atoms with Crippen LogP contribution in [0.5, 0.6) is 0 Å². The molecule has 1 fully saturated rings. The minimum Gasteiger partial charge on any atom is -0.305 e. The minimum atomic E-state index is -0.140. The van der Waals surface area contributed by atoms with Crippen molar-refractivity contribution in [3.05, 3.63) is 35.6 Å². The molecular formula is C12H16FN. The molecule has 1 aromatic carbocycles. The van der Waals surface area contributed by atoms with Gasteiger partial charge < -0.3 is 5.32 Å². The van der Waals surface area contributed by atoms with Crippen LogP contribution in [0.3, 0.4) is 0 Å². The molecule has 0 aliphatic heterocycles. The molecule has 0 radical (unpaired) electrons. The third kappa shape index (κ3) is 1.80. The second-order valence-electron chi connectivity index (χ2n) is 4.39. The molecule has 0 aromatic heterocycles. The van der Waals surface area contributed by atoms with Gasteiger partial charge in [-0.2, -0.15) is 0 Å². The van der Waals surface area contributed by atoms with Gasteiger partial charge in [0, 0.05) is 11.6 Å². The molecule has 2 heteroatoms. The Hall–Kier alpha value is -0.890. The summed E-state index contributed by atoms with van der Waals surface area (Å²) >= 11 is 0. The highest BCUT2D eigenvalue weighted by molar-refractivity contribution is 5.30. The maximum Gasteiger partial charge on any atom is 0.123 e. The van der Waals surface area contributed by atoms with Gasteiger partial charge in [-0.1, -0.05) is 26.0 Å². The first kappa shape index (κ1) is 9.66. The van der Waals surface area contributed by atoms with Gasteiger partial charge in [0.2, 0.25) is 0 Å². The summed E-state index contributed by atoms with van der Waals surface area (Å²) in [5.74, 6) is -0.140. The topological polar surface area (TPSA) is 12.0 Å². The summed E-state index contributed by atoms with van der Waals surface area (Å²) in [6, 6.07) is 7.37. The quantitative estimate of drug-likeness (QED) is 0.778. The molecule has 0 heterocycles. The summed E-state index contributed by atoms with van der Waals surface area (Å²) in [4.78, 5) is 0. The second kappa shape index (κ2) is 3.35. The summed E-state index contributed by atoms with van der Waals surface area (Å²) in [6.07, 6.45) is 2.24. The lowest BCUT2D eigenvalue weighted by Gasteiger charge is -2.20. The Morgan fingerprint density at radius 1 is 1.36 bits per heavy atom. The lowest BCUT2D eigenvalue weighted by atomic mass is 10.0. The number of nitrogens with one attached hydrogen (secondary N) is 1. The van der Waals surface area contributed by atoms with Gasteiger partial charge in [-0.15, -0.1) is 0 Å². The molecule has 0 spiro atoms. The molecule has 0 unspecified atom stereocenters. The Labute approximate surface area is 84.3 Å². The van der Waals surface area contributed by atoms with Crippen molar-refractivity contribution in [2.24, 2.45) is 0 Å². The van der Waals surface area contributed by atoms with Crippen LogP contribution in [0, 0.1) is 5.82 Å². The van der Waals surface area contributed by atoms with E-state index in [0.29, 0.717) is 6.04 Å². The van der Waals surface area contributed by atoms with Crippen LogP contribution >= 0.6 is 0 Å². The number of halogens is 1. The zero-order valence-electron chi connectivity index (χ0n) is 8.68. The molecule has 0 amide bonds. The third-order valence-electron chi connectivity index (χ3n) is 2.69. The number of hydrogen-bond donors (Lipinski definition) is 1. The summed E-state index contributed by atoms with van der Waals surface area (Å²) in [7, 11) is 0. The summed E-state index contributed by atoms with van der Waals surface area (Å²) in [5.41, 5.74) is 1.15. The Kier molecular flexibility index (Phi) is 2.31. The van der Waals surface area contributed by atoms with Crippen LogP contribution in [0.2, 0.25) is 0 Å². The van der Waals surface area contributed by atoms with Crippen molar-refractivity contribution in [1.82, 2.24) is 5.32 Å². The van der Waals surface area contributed by atoms with Gasteiger partial charge in [0.1, 0.15) is 5.82 Å². The van der Waals surface area contributed by atoms with Crippen molar-refractivity contribution >= 4 is 0 Å². The molecule has 1 aromatic rings. The van der Waals surface area contributed by atoms with Crippen LogP contribution in [0.25, 0.3) is 0 Å². The van der Waals surface area contributed by atoms with Gasteiger partial charge in [-0.25, -0.2) is 4.39 Å². The monoisotopic (exact) mass is 193 g/mol. The molecule has 1 N–H and O–H groups in total. The van der Waals surface area contributed by atoms with E-state index < -0.39 is 0 Å². The SMILES string of the molecule is CC(C)NC1(c2cccc(F)c2)CC1. The Morgan fingerprint density at radius 3 is 2.57 bits per heavy atom. The fourth-order valence-electron chi connectivity index (χ4n) is 1.98. The largest absolute Gasteiger partial charge is 0.305 e. The van der Waals surface area contributed by atoms with Crippen molar-refractivity contribution < 1.29 is 4.39 Å². The Balaban J connectivity index is 2.22. The highest BCUT2D eigenvalue weighted by Gasteiger charge is 2.44. The summed E-state index contributed by atoms with van der Waals surface area (Å²) in [6.45, 7) is 4.25. The van der Waals surface area contributed by atoms with E-state index in [2.05, 4.69) is 19.2 Å². The highest BCUT2D eigenvalue weighted by atomic mass is 19.1. The van der Waals surface area contributed by atoms with Crippen LogP contribution in [0.4, 0.5) is 4.39 Å². The van der Waals surface area contributed by atoms with Crippen LogP contribution in [0.1, 0.15) is 32.3 Å². The minimum absolute atomic E-state index is 0.0657. The van der Waals surface area contributed by atoms with E-state index in [4.69, 9.17) is 0 Å². The molecule has 1 aliphatic rings. The second-order valence-corrected chi connectivity index (χ2v) is 4.39. The van der Waals surface area contributed by atoms with E-state index in [1.54, 1.807) is 12.1 Å². The average Bonchev–Trinajstić information content (AvgIpc) is 2.84. The molecule has 2 rings (SSSR count). The van der Waals surface area contributed by atoms with Crippen molar-refractivity contribution in [1.29, 1.82) is 0 Å². The first-order valence-corrected chi connectivity index (χ1v) is 5.16. The summed E-state index contributed by atoms with van der Waals surface area (Å²) < 4.78 is 13.0. The summed E-state index contributed by atoms with van der Waals surface area (Å²) in [5, 5.41) is 3.51. The fourth-order valence-corrected chi connectivity index (χ4v) is 1.98. The molecule has 76 valence electrons. The average molecular weight is 193 g/mol. The smallest absolute Gasteiger partial charge is 0.123 e. The zero-order valence-corrected chi connectivity index (χ0v) is 8.68. The van der Waals surface area contributed by atoms with E-state index in [0.717, 1.165) is 18.4 Å². The van der Waals surface area contributed by atoms with E-state index in [9.17, 15) is 4.39 Å². The van der Waals surface area contributed by atoms with Crippen molar-refractivity contribution in [3.8, 4) is 0 Å². The lowest BCUT2D eigenvalue weighted by Crippen LogP contribution is -2.34. The van der Waals surface area contributed by atoms with Gasteiger partial charge in [0.25, 0.3) is 0 Å². The van der Waals surface area contributed by atoms with Gasteiger partial charge in [0.15, 0.2) is 0 Å². The van der Waals surface area contributed by atoms with E-state index in [-0.39, 0.29) is 11.4 Å². The Bertz CT molecular complexity index is 329. The van der Waals surface area contributed by atoms with Gasteiger partial charge in [0.05, 0.1) is 0 Å². The lowest BCUT2D eigenvalue weighted by molar-refractivity contribution is 0.459. The molecule has 0 saturated heterocycles. The Morgan fingerprint density at radius 2 is 2.07 bits per heavy atom. The molecule has 1 nitrogen and oxygen atoms in total. The number of hydrogen-bond acceptors (Lipinski definition) is 1. The zero-order chi connectivity index (χ0) is 10.2. The fraction of sp³-hybridized carbons (Fsp3) is 0.500. The maximum absolute atomic E-state index is 13.0. The molecule has 0 bridgehead atoms. The van der Waals surface area contributed by atoms with Crippen molar-refractivity contribution in [3.63, 3.8) is 0 Å². The maximum atomic E-state index is 13.0. The predicted octanol–water partition coefficient (Wildman–Crippen LogP) is 2.81. The third-order valence-corrected chi connectivity index (χ3v) is 2.69. The van der Waals surface area contributed by atoms with E-state index in [1.807, 2.05) is 6.07 Å². The van der Waals surface area contributed by atoms with Crippen molar-refractivity contribution in [2.45, 2.75) is 38.3 Å². The van der Waals surface area contributed by atoms with Gasteiger partial charge in [-0.05, 0) is 30.5 Å². The molecule has 1 saturated carbocycles. The first-order valence-electron chi connectivity index (χ1n) is 5.16. The number of benzene rings is 1. The standard InChI is InChI=1S/C12H16FN/c1-9(2)14-12(6-7-12)10-4-3-5-11(13)8-10/h3-5,8-9,14H,6-7H2,1-2H3. The van der Waals surface area contributed by atoms with Crippen LogP contribution < -0.4 is 5.32 Å². The van der Waals surface area contributed by atoms with Gasteiger partial charge >= 0.3 is 0 Å². The predicted molar refractivity (Wildman–Crippen MR) is 55.6 cm³/mol. The molecular weight excluding hydrogens is 177 g/mol. The van der Waals surface area contributed by atoms with Gasteiger partial charge in [-0.3, -0.25) is 0 Å². The highest BCUT2D eigenvalue weighted by Crippen LogP contribution is 2.45. The van der Waals surface area contributed by atoms with E-state index >= 15 is 0 Å². The normalized spacial score (nSPS) is 18.6. The van der Waals surface area contributed by atoms with E-state index in [1.165, 1.54) is 6.07 Å². The first-order chi connectivity index (χ1) is 6.62. The van der Waals surface area contributed by atoms with Crippen LogP contribution in [-0.2, 0) is 5.54 Å². The van der Waals surface area contributed by atoms with Crippen LogP contribution in [0.15, 0.2) is 24.3 Å². The number of rotatable bonds is 3.